The minimum atomic E-state index is -5.26. The lowest BCUT2D eigenvalue weighted by Gasteiger charge is -2.07. The highest BCUT2D eigenvalue weighted by Gasteiger charge is 2.42. The zero-order valence-corrected chi connectivity index (χ0v) is 14.1. The molecule has 0 aliphatic rings. The molecule has 1 aromatic heterocycles. The minimum absolute atomic E-state index is 0.239. The maximum Gasteiger partial charge on any atom is 0.491 e. The second kappa shape index (κ2) is 7.45. The Morgan fingerprint density at radius 1 is 1.11 bits per heavy atom. The summed E-state index contributed by atoms with van der Waals surface area (Å²) in [6.45, 7) is 0.384. The Balaban J connectivity index is 1.79. The molecule has 144 valence electrons. The van der Waals surface area contributed by atoms with Gasteiger partial charge in [-0.1, -0.05) is 24.3 Å². The monoisotopic (exact) mass is 392 g/mol. The number of esters is 2. The molecule has 0 fully saturated rings. The van der Waals surface area contributed by atoms with E-state index in [1.807, 2.05) is 0 Å². The van der Waals surface area contributed by atoms with Gasteiger partial charge < -0.3 is 19.4 Å². The van der Waals surface area contributed by atoms with Crippen molar-refractivity contribution in [3.8, 4) is 0 Å². The fraction of sp³-hybridized carbons (Fsp3) is 0.118. The third-order valence-electron chi connectivity index (χ3n) is 3.90. The molecule has 0 radical (unpaired) electrons. The van der Waals surface area contributed by atoms with Crippen LogP contribution in [0.3, 0.4) is 0 Å². The van der Waals surface area contributed by atoms with Gasteiger partial charge in [-0.25, -0.2) is 14.6 Å². The molecular weight excluding hydrogens is 380 g/mol. The van der Waals surface area contributed by atoms with Crippen molar-refractivity contribution >= 4 is 35.6 Å². The molecule has 7 nitrogen and oxygen atoms in total. The molecular formula is C17H12BF3N2O5. The Hall–Kier alpha value is -3.18. The van der Waals surface area contributed by atoms with Gasteiger partial charge in [-0.15, -0.1) is 0 Å². The van der Waals surface area contributed by atoms with Gasteiger partial charge in [0.25, 0.3) is 0 Å². The van der Waals surface area contributed by atoms with Gasteiger partial charge in [0.2, 0.25) is 0 Å². The fourth-order valence-corrected chi connectivity index (χ4v) is 2.51. The van der Waals surface area contributed by atoms with Crippen molar-refractivity contribution in [2.24, 2.45) is 0 Å². The largest absolute Gasteiger partial charge is 0.491 e. The van der Waals surface area contributed by atoms with Crippen LogP contribution in [0.5, 0.6) is 0 Å². The summed E-state index contributed by atoms with van der Waals surface area (Å²) >= 11 is 0. The van der Waals surface area contributed by atoms with Gasteiger partial charge in [0, 0.05) is 6.54 Å². The highest BCUT2D eigenvalue weighted by atomic mass is 19.4. The molecule has 3 rings (SSSR count). The summed E-state index contributed by atoms with van der Waals surface area (Å²) in [5, 5.41) is 18.2. The molecule has 0 aliphatic carbocycles. The first-order chi connectivity index (χ1) is 13.1. The topological polar surface area (TPSA) is 102 Å². The second-order valence-corrected chi connectivity index (χ2v) is 5.87. The number of fused-ring (bicyclic) bond motifs is 1. The van der Waals surface area contributed by atoms with E-state index >= 15 is 0 Å². The summed E-state index contributed by atoms with van der Waals surface area (Å²) in [5.41, 5.74) is 1.87. The molecule has 0 unspecified atom stereocenters. The van der Waals surface area contributed by atoms with Crippen LogP contribution in [0, 0.1) is 0 Å². The summed E-state index contributed by atoms with van der Waals surface area (Å²) in [7, 11) is -1.56. The van der Waals surface area contributed by atoms with E-state index in [0.717, 1.165) is 5.56 Å². The molecule has 0 amide bonds. The third kappa shape index (κ3) is 4.21. The lowest BCUT2D eigenvalue weighted by Crippen LogP contribution is -2.29. The number of halogens is 3. The Bertz CT molecular complexity index is 1030. The van der Waals surface area contributed by atoms with Gasteiger partial charge >= 0.3 is 25.2 Å². The van der Waals surface area contributed by atoms with E-state index in [-0.39, 0.29) is 5.56 Å². The van der Waals surface area contributed by atoms with Crippen molar-refractivity contribution in [1.82, 2.24) is 9.55 Å². The quantitative estimate of drug-likeness (QED) is 0.391. The van der Waals surface area contributed by atoms with Crippen molar-refractivity contribution in [3.63, 3.8) is 0 Å². The molecule has 3 aromatic rings. The van der Waals surface area contributed by atoms with E-state index in [9.17, 15) is 22.8 Å². The maximum atomic E-state index is 12.2. The van der Waals surface area contributed by atoms with Crippen LogP contribution in [0.1, 0.15) is 15.9 Å². The van der Waals surface area contributed by atoms with E-state index in [4.69, 9.17) is 10.0 Å². The van der Waals surface area contributed by atoms with Crippen LogP contribution in [0.2, 0.25) is 0 Å². The SMILES string of the molecule is O=C(OC(=O)C(F)(F)F)c1ccc2c(c1)ncn2Cc1ccc(B(O)O)cc1. The normalized spacial score (nSPS) is 11.5. The lowest BCUT2D eigenvalue weighted by atomic mass is 9.80. The predicted molar refractivity (Wildman–Crippen MR) is 91.6 cm³/mol. The van der Waals surface area contributed by atoms with Crippen LogP contribution in [-0.4, -0.2) is 44.8 Å². The number of alkyl halides is 3. The number of imidazole rings is 1. The Morgan fingerprint density at radius 3 is 2.39 bits per heavy atom. The number of nitrogens with zero attached hydrogens (tertiary/aromatic N) is 2. The van der Waals surface area contributed by atoms with Gasteiger partial charge in [0.05, 0.1) is 22.9 Å². The Kier molecular flexibility index (Phi) is 5.21. The Morgan fingerprint density at radius 2 is 1.79 bits per heavy atom. The number of aromatic nitrogens is 2. The van der Waals surface area contributed by atoms with Crippen molar-refractivity contribution in [1.29, 1.82) is 0 Å². The smallest absolute Gasteiger partial charge is 0.423 e. The third-order valence-corrected chi connectivity index (χ3v) is 3.90. The van der Waals surface area contributed by atoms with Crippen molar-refractivity contribution in [2.75, 3.05) is 0 Å². The van der Waals surface area contributed by atoms with Crippen LogP contribution in [0.15, 0.2) is 48.8 Å². The first kappa shape index (κ1) is 19.6. The highest BCUT2D eigenvalue weighted by Crippen LogP contribution is 2.20. The molecule has 0 saturated carbocycles. The van der Waals surface area contributed by atoms with Gasteiger partial charge in [0.15, 0.2) is 0 Å². The van der Waals surface area contributed by atoms with E-state index in [2.05, 4.69) is 9.72 Å². The first-order valence-corrected chi connectivity index (χ1v) is 7.88. The van der Waals surface area contributed by atoms with Crippen molar-refractivity contribution in [3.05, 3.63) is 59.9 Å². The standard InChI is InChI=1S/C17H12BF3N2O5/c19-17(20,21)16(25)28-15(24)11-3-6-14-13(7-11)22-9-23(14)8-10-1-4-12(5-2-10)18(26)27/h1-7,9,26-27H,8H2. The average Bonchev–Trinajstić information content (AvgIpc) is 3.03. The van der Waals surface area contributed by atoms with Crippen LogP contribution >= 0.6 is 0 Å². The van der Waals surface area contributed by atoms with E-state index in [1.54, 1.807) is 28.8 Å². The number of benzene rings is 2. The number of hydrogen-bond acceptors (Lipinski definition) is 6. The van der Waals surface area contributed by atoms with Crippen molar-refractivity contribution in [2.45, 2.75) is 12.7 Å². The molecule has 0 aliphatic heterocycles. The Labute approximate surface area is 156 Å². The van der Waals surface area contributed by atoms with Gasteiger partial charge in [-0.05, 0) is 29.2 Å². The van der Waals surface area contributed by atoms with Crippen LogP contribution in [0.4, 0.5) is 13.2 Å². The zero-order chi connectivity index (χ0) is 20.5. The average molecular weight is 392 g/mol. The molecule has 28 heavy (non-hydrogen) atoms. The molecule has 2 N–H and O–H groups in total. The second-order valence-electron chi connectivity index (χ2n) is 5.87. The van der Waals surface area contributed by atoms with Crippen LogP contribution < -0.4 is 5.46 Å². The zero-order valence-electron chi connectivity index (χ0n) is 14.1. The van der Waals surface area contributed by atoms with Gasteiger partial charge in [-0.3, -0.25) is 0 Å². The number of rotatable bonds is 4. The molecule has 2 aromatic carbocycles. The van der Waals surface area contributed by atoms with E-state index in [1.165, 1.54) is 24.5 Å². The fourth-order valence-electron chi connectivity index (χ4n) is 2.51. The number of hydrogen-bond donors (Lipinski definition) is 2. The molecule has 0 bridgehead atoms. The molecule has 1 heterocycles. The van der Waals surface area contributed by atoms with E-state index < -0.39 is 25.2 Å². The summed E-state index contributed by atoms with van der Waals surface area (Å²) in [6, 6.07) is 10.5. The van der Waals surface area contributed by atoms with Crippen molar-refractivity contribution < 1.29 is 37.5 Å². The molecule has 0 spiro atoms. The van der Waals surface area contributed by atoms with Crippen LogP contribution in [0.25, 0.3) is 11.0 Å². The predicted octanol–water partition coefficient (Wildman–Crippen LogP) is 1.01. The summed E-state index contributed by atoms with van der Waals surface area (Å²) in [5.74, 6) is -4.00. The first-order valence-electron chi connectivity index (χ1n) is 7.88. The van der Waals surface area contributed by atoms with Crippen LogP contribution in [-0.2, 0) is 16.1 Å². The number of ether oxygens (including phenoxy) is 1. The number of carbonyl (C=O) groups excluding carboxylic acids is 2. The summed E-state index contributed by atoms with van der Waals surface area (Å²) < 4.78 is 42.1. The van der Waals surface area contributed by atoms with Gasteiger partial charge in [0.1, 0.15) is 0 Å². The van der Waals surface area contributed by atoms with Gasteiger partial charge in [-0.2, -0.15) is 13.2 Å². The molecule has 11 heteroatoms. The lowest BCUT2D eigenvalue weighted by molar-refractivity contribution is -0.193. The summed E-state index contributed by atoms with van der Waals surface area (Å²) in [6.07, 6.45) is -3.78. The highest BCUT2D eigenvalue weighted by molar-refractivity contribution is 6.58. The summed E-state index contributed by atoms with van der Waals surface area (Å²) in [4.78, 5) is 26.6. The number of carbonyl (C=O) groups is 2. The molecule has 0 saturated heterocycles. The maximum absolute atomic E-state index is 12.2. The minimum Gasteiger partial charge on any atom is -0.423 e. The molecule has 0 atom stereocenters. The van der Waals surface area contributed by atoms with E-state index in [0.29, 0.717) is 23.0 Å².